The molecule has 4 heteroatoms. The van der Waals surface area contributed by atoms with Gasteiger partial charge in [0.05, 0.1) is 0 Å². The number of pyridine rings is 1. The van der Waals surface area contributed by atoms with Gasteiger partial charge < -0.3 is 0 Å². The van der Waals surface area contributed by atoms with Crippen molar-refractivity contribution in [3.05, 3.63) is 77.1 Å². The summed E-state index contributed by atoms with van der Waals surface area (Å²) in [5.74, 6) is 1.03. The molecule has 0 N–H and O–H groups in total. The first-order valence-electron chi connectivity index (χ1n) is 7.23. The van der Waals surface area contributed by atoms with Crippen molar-refractivity contribution in [2.24, 2.45) is 0 Å². The van der Waals surface area contributed by atoms with Crippen molar-refractivity contribution >= 4 is 22.5 Å². The lowest BCUT2D eigenvalue weighted by atomic mass is 10.1. The minimum absolute atomic E-state index is 0.800. The van der Waals surface area contributed by atoms with E-state index in [1.54, 1.807) is 11.3 Å². The van der Waals surface area contributed by atoms with Crippen LogP contribution in [0.25, 0.3) is 16.2 Å². The molecule has 0 spiro atoms. The smallest absolute Gasteiger partial charge is 0.165 e. The van der Waals surface area contributed by atoms with Crippen molar-refractivity contribution in [3.8, 4) is 5.00 Å². The van der Waals surface area contributed by atoms with Gasteiger partial charge in [0.2, 0.25) is 0 Å². The summed E-state index contributed by atoms with van der Waals surface area (Å²) in [6.45, 7) is 2.11. The molecule has 22 heavy (non-hydrogen) atoms. The summed E-state index contributed by atoms with van der Waals surface area (Å²) in [6.07, 6.45) is 2.62. The second kappa shape index (κ2) is 5.39. The van der Waals surface area contributed by atoms with E-state index in [0.29, 0.717) is 0 Å². The molecule has 4 aromatic rings. The molecule has 0 unspecified atom stereocenters. The Morgan fingerprint density at radius 3 is 2.68 bits per heavy atom. The normalized spacial score (nSPS) is 11.1. The van der Waals surface area contributed by atoms with E-state index in [2.05, 4.69) is 58.3 Å². The Labute approximate surface area is 132 Å². The Morgan fingerprint density at radius 1 is 1.05 bits per heavy atom. The summed E-state index contributed by atoms with van der Waals surface area (Å²) in [6, 6.07) is 16.7. The molecule has 0 saturated carbocycles. The molecular formula is C18H15N3S. The lowest BCUT2D eigenvalue weighted by molar-refractivity contribution is 0.936. The Kier molecular flexibility index (Phi) is 3.24. The van der Waals surface area contributed by atoms with Gasteiger partial charge in [-0.1, -0.05) is 29.8 Å². The van der Waals surface area contributed by atoms with Crippen LogP contribution in [0.15, 0.2) is 60.1 Å². The second-order valence-corrected chi connectivity index (χ2v) is 6.25. The van der Waals surface area contributed by atoms with Crippen LogP contribution < -0.4 is 0 Å². The van der Waals surface area contributed by atoms with Crippen LogP contribution in [-0.4, -0.2) is 14.5 Å². The van der Waals surface area contributed by atoms with Crippen molar-refractivity contribution in [2.75, 3.05) is 0 Å². The molecule has 108 valence electrons. The summed E-state index contributed by atoms with van der Waals surface area (Å²) in [4.78, 5) is 9.31. The van der Waals surface area contributed by atoms with Crippen LogP contribution in [0, 0.1) is 6.92 Å². The molecule has 4 rings (SSSR count). The van der Waals surface area contributed by atoms with E-state index in [9.17, 15) is 0 Å². The van der Waals surface area contributed by atoms with E-state index in [1.807, 2.05) is 18.3 Å². The number of hydrogen-bond acceptors (Lipinski definition) is 3. The summed E-state index contributed by atoms with van der Waals surface area (Å²) < 4.78 is 2.17. The molecule has 3 heterocycles. The zero-order valence-electron chi connectivity index (χ0n) is 12.2. The third kappa shape index (κ3) is 2.31. The third-order valence-corrected chi connectivity index (χ3v) is 4.55. The van der Waals surface area contributed by atoms with Gasteiger partial charge >= 0.3 is 0 Å². The number of aromatic nitrogens is 3. The predicted octanol–water partition coefficient (Wildman–Crippen LogP) is 4.38. The summed E-state index contributed by atoms with van der Waals surface area (Å²) >= 11 is 1.71. The van der Waals surface area contributed by atoms with Crippen molar-refractivity contribution < 1.29 is 0 Å². The summed E-state index contributed by atoms with van der Waals surface area (Å²) in [5.41, 5.74) is 4.40. The summed E-state index contributed by atoms with van der Waals surface area (Å²) in [7, 11) is 0. The molecule has 0 aliphatic carbocycles. The second-order valence-electron chi connectivity index (χ2n) is 5.32. The Bertz CT molecular complexity index is 905. The standard InChI is InChI=1S/C18H15N3S/c1-13-6-8-14(9-7-13)12-16-20-15-4-2-10-19-18(15)21(16)17-5-3-11-22-17/h2-11H,12H2,1H3. The molecule has 0 bridgehead atoms. The highest BCUT2D eigenvalue weighted by atomic mass is 32.1. The monoisotopic (exact) mass is 305 g/mol. The zero-order chi connectivity index (χ0) is 14.9. The van der Waals surface area contributed by atoms with Crippen LogP contribution in [0.3, 0.4) is 0 Å². The number of nitrogens with zero attached hydrogens (tertiary/aromatic N) is 3. The van der Waals surface area contributed by atoms with Crippen molar-refractivity contribution in [3.63, 3.8) is 0 Å². The van der Waals surface area contributed by atoms with Crippen LogP contribution >= 0.6 is 11.3 Å². The van der Waals surface area contributed by atoms with E-state index in [1.165, 1.54) is 11.1 Å². The van der Waals surface area contributed by atoms with E-state index >= 15 is 0 Å². The van der Waals surface area contributed by atoms with Gasteiger partial charge in [-0.25, -0.2) is 9.97 Å². The largest absolute Gasteiger partial charge is 0.271 e. The molecule has 0 fully saturated rings. The predicted molar refractivity (Wildman–Crippen MR) is 90.7 cm³/mol. The van der Waals surface area contributed by atoms with Gasteiger partial charge in [-0.2, -0.15) is 0 Å². The Morgan fingerprint density at radius 2 is 1.91 bits per heavy atom. The van der Waals surface area contributed by atoms with Gasteiger partial charge in [-0.15, -0.1) is 11.3 Å². The molecular weight excluding hydrogens is 290 g/mol. The fraction of sp³-hybridized carbons (Fsp3) is 0.111. The average Bonchev–Trinajstić information content (AvgIpc) is 3.16. The maximum absolute atomic E-state index is 4.79. The van der Waals surface area contributed by atoms with E-state index in [4.69, 9.17) is 4.98 Å². The van der Waals surface area contributed by atoms with Crippen LogP contribution in [0.1, 0.15) is 17.0 Å². The summed E-state index contributed by atoms with van der Waals surface area (Å²) in [5, 5.41) is 3.24. The van der Waals surface area contributed by atoms with Crippen LogP contribution in [0.4, 0.5) is 0 Å². The first-order chi connectivity index (χ1) is 10.8. The molecule has 0 aliphatic rings. The first kappa shape index (κ1) is 13.2. The topological polar surface area (TPSA) is 30.7 Å². The molecule has 0 radical (unpaired) electrons. The molecule has 3 aromatic heterocycles. The van der Waals surface area contributed by atoms with Crippen LogP contribution in [-0.2, 0) is 6.42 Å². The number of benzene rings is 1. The average molecular weight is 305 g/mol. The van der Waals surface area contributed by atoms with Gasteiger partial charge in [0.1, 0.15) is 16.3 Å². The number of thiophene rings is 1. The van der Waals surface area contributed by atoms with Crippen LogP contribution in [0.2, 0.25) is 0 Å². The SMILES string of the molecule is Cc1ccc(Cc2nc3cccnc3n2-c2cccs2)cc1. The number of rotatable bonds is 3. The van der Waals surface area contributed by atoms with Gasteiger partial charge in [0, 0.05) is 12.6 Å². The molecule has 0 saturated heterocycles. The quantitative estimate of drug-likeness (QED) is 0.562. The molecule has 1 aromatic carbocycles. The highest BCUT2D eigenvalue weighted by Gasteiger charge is 2.14. The molecule has 0 amide bonds. The number of aryl methyl sites for hydroxylation is 1. The number of imidazole rings is 1. The third-order valence-electron chi connectivity index (χ3n) is 3.69. The van der Waals surface area contributed by atoms with E-state index < -0.39 is 0 Å². The van der Waals surface area contributed by atoms with Crippen molar-refractivity contribution in [1.29, 1.82) is 0 Å². The fourth-order valence-electron chi connectivity index (χ4n) is 2.60. The lowest BCUT2D eigenvalue weighted by Crippen LogP contribution is -2.01. The first-order valence-corrected chi connectivity index (χ1v) is 8.11. The van der Waals surface area contributed by atoms with E-state index in [0.717, 1.165) is 28.4 Å². The molecule has 0 atom stereocenters. The van der Waals surface area contributed by atoms with Gasteiger partial charge in [0.25, 0.3) is 0 Å². The van der Waals surface area contributed by atoms with Crippen LogP contribution in [0.5, 0.6) is 0 Å². The number of hydrogen-bond donors (Lipinski definition) is 0. The minimum atomic E-state index is 0.800. The molecule has 0 aliphatic heterocycles. The lowest BCUT2D eigenvalue weighted by Gasteiger charge is -2.06. The van der Waals surface area contributed by atoms with Crippen molar-refractivity contribution in [1.82, 2.24) is 14.5 Å². The van der Waals surface area contributed by atoms with Gasteiger partial charge in [-0.3, -0.25) is 4.57 Å². The zero-order valence-corrected chi connectivity index (χ0v) is 13.0. The highest BCUT2D eigenvalue weighted by Crippen LogP contribution is 2.24. The maximum Gasteiger partial charge on any atom is 0.165 e. The maximum atomic E-state index is 4.79. The Balaban J connectivity index is 1.86. The molecule has 3 nitrogen and oxygen atoms in total. The fourth-order valence-corrected chi connectivity index (χ4v) is 3.35. The van der Waals surface area contributed by atoms with Gasteiger partial charge in [0.15, 0.2) is 5.65 Å². The number of fused-ring (bicyclic) bond motifs is 1. The minimum Gasteiger partial charge on any atom is -0.271 e. The van der Waals surface area contributed by atoms with Gasteiger partial charge in [-0.05, 0) is 42.1 Å². The van der Waals surface area contributed by atoms with Crippen molar-refractivity contribution in [2.45, 2.75) is 13.3 Å². The Hall–Kier alpha value is -2.46. The highest BCUT2D eigenvalue weighted by molar-refractivity contribution is 7.12. The van der Waals surface area contributed by atoms with E-state index in [-0.39, 0.29) is 0 Å².